The molecule has 0 saturated carbocycles. The molecule has 2 aliphatic rings. The zero-order valence-electron chi connectivity index (χ0n) is 15.2. The summed E-state index contributed by atoms with van der Waals surface area (Å²) in [7, 11) is 0. The van der Waals surface area contributed by atoms with Crippen LogP contribution in [-0.2, 0) is 14.3 Å². The van der Waals surface area contributed by atoms with Gasteiger partial charge in [-0.15, -0.1) is 0 Å². The van der Waals surface area contributed by atoms with E-state index in [1.807, 2.05) is 6.92 Å². The van der Waals surface area contributed by atoms with Crippen LogP contribution >= 0.6 is 11.8 Å². The molecule has 0 radical (unpaired) electrons. The second-order valence-electron chi connectivity index (χ2n) is 6.71. The van der Waals surface area contributed by atoms with Crippen LogP contribution in [0.1, 0.15) is 44.1 Å². The third kappa shape index (κ3) is 4.54. The number of halogens is 2. The molecule has 148 valence electrons. The summed E-state index contributed by atoms with van der Waals surface area (Å²) >= 11 is 1.78. The van der Waals surface area contributed by atoms with Crippen LogP contribution in [0.4, 0.5) is 19.3 Å². The molecule has 2 aliphatic heterocycles. The lowest BCUT2D eigenvalue weighted by Gasteiger charge is -2.23. The number of nitrogens with zero attached hydrogens (tertiary/aromatic N) is 1. The van der Waals surface area contributed by atoms with Gasteiger partial charge in [-0.1, -0.05) is 13.3 Å². The molecule has 2 fully saturated rings. The normalized spacial score (nSPS) is 20.6. The zero-order chi connectivity index (χ0) is 19.4. The average molecular weight is 399 g/mol. The van der Waals surface area contributed by atoms with Gasteiger partial charge in [0.05, 0.1) is 18.8 Å². The van der Waals surface area contributed by atoms with Gasteiger partial charge in [0.2, 0.25) is 6.10 Å². The van der Waals surface area contributed by atoms with E-state index in [-0.39, 0.29) is 30.3 Å². The average Bonchev–Trinajstić information content (AvgIpc) is 3.04. The van der Waals surface area contributed by atoms with Gasteiger partial charge in [0.25, 0.3) is 0 Å². The molecule has 1 atom stereocenters. The number of anilines is 1. The fourth-order valence-corrected chi connectivity index (χ4v) is 4.42. The maximum Gasteiger partial charge on any atom is 0.415 e. The third-order valence-corrected chi connectivity index (χ3v) is 5.87. The van der Waals surface area contributed by atoms with E-state index in [4.69, 9.17) is 9.47 Å². The predicted octanol–water partition coefficient (Wildman–Crippen LogP) is 4.24. The largest absolute Gasteiger partial charge is 0.463 e. The molecule has 27 heavy (non-hydrogen) atoms. The van der Waals surface area contributed by atoms with Crippen molar-refractivity contribution in [3.8, 4) is 0 Å². The highest BCUT2D eigenvalue weighted by atomic mass is 32.2. The van der Waals surface area contributed by atoms with Crippen molar-refractivity contribution in [3.63, 3.8) is 0 Å². The molecule has 0 bridgehead atoms. The highest BCUT2D eigenvalue weighted by Gasteiger charge is 2.39. The van der Waals surface area contributed by atoms with E-state index in [2.05, 4.69) is 0 Å². The summed E-state index contributed by atoms with van der Waals surface area (Å²) in [5, 5.41) is 0. The third-order valence-electron chi connectivity index (χ3n) is 4.82. The molecular weight excluding hydrogens is 376 g/mol. The maximum absolute atomic E-state index is 14.6. The highest BCUT2D eigenvalue weighted by molar-refractivity contribution is 7.99. The van der Waals surface area contributed by atoms with E-state index >= 15 is 0 Å². The first-order valence-electron chi connectivity index (χ1n) is 9.22. The highest BCUT2D eigenvalue weighted by Crippen LogP contribution is 2.36. The van der Waals surface area contributed by atoms with Gasteiger partial charge in [0.15, 0.2) is 0 Å². The summed E-state index contributed by atoms with van der Waals surface area (Å²) in [6.07, 6.45) is 1.15. The van der Waals surface area contributed by atoms with Crippen LogP contribution in [0.2, 0.25) is 0 Å². The molecular formula is C19H23F2NO4S. The van der Waals surface area contributed by atoms with E-state index in [0.717, 1.165) is 47.8 Å². The number of hydrogen-bond donors (Lipinski definition) is 0. The van der Waals surface area contributed by atoms with Gasteiger partial charge >= 0.3 is 12.1 Å². The Morgan fingerprint density at radius 3 is 2.59 bits per heavy atom. The minimum absolute atomic E-state index is 0.0489. The molecule has 8 heteroatoms. The second kappa shape index (κ2) is 8.91. The van der Waals surface area contributed by atoms with Crippen LogP contribution < -0.4 is 4.90 Å². The van der Waals surface area contributed by atoms with Crippen molar-refractivity contribution in [3.05, 3.63) is 29.3 Å². The molecule has 1 amide bonds. The van der Waals surface area contributed by atoms with Crippen molar-refractivity contribution in [2.75, 3.05) is 29.6 Å². The van der Waals surface area contributed by atoms with Crippen LogP contribution in [0.3, 0.4) is 0 Å². The molecule has 0 aromatic heterocycles. The topological polar surface area (TPSA) is 55.8 Å². The molecule has 1 aromatic rings. The Hall–Kier alpha value is -1.83. The summed E-state index contributed by atoms with van der Waals surface area (Å²) < 4.78 is 39.3. The number of benzene rings is 1. The predicted molar refractivity (Wildman–Crippen MR) is 99.1 cm³/mol. The number of unbranched alkanes of at least 4 members (excludes halogenated alkanes) is 1. The standard InChI is InChI=1S/C19H23F2NO4S/c1-2-3-6-25-18(23)16-11-22(19(24)26-16)13-9-14(20)17(15(21)10-13)12-4-7-27-8-5-12/h9-10,12,16H,2-8,11H2,1H3/t16-/m1/s1. The molecule has 0 unspecified atom stereocenters. The quantitative estimate of drug-likeness (QED) is 0.529. The first-order chi connectivity index (χ1) is 13.0. The van der Waals surface area contributed by atoms with Gasteiger partial charge in [0.1, 0.15) is 11.6 Å². The Morgan fingerprint density at radius 1 is 1.30 bits per heavy atom. The number of rotatable bonds is 6. The molecule has 0 aliphatic carbocycles. The van der Waals surface area contributed by atoms with Crippen LogP contribution in [0.5, 0.6) is 0 Å². The number of carbonyl (C=O) groups is 2. The number of carbonyl (C=O) groups excluding carboxylic acids is 2. The summed E-state index contributed by atoms with van der Waals surface area (Å²) in [5.74, 6) is -0.354. The molecule has 1 aromatic carbocycles. The minimum Gasteiger partial charge on any atom is -0.463 e. The lowest BCUT2D eigenvalue weighted by molar-refractivity contribution is -0.151. The molecule has 0 N–H and O–H groups in total. The molecule has 2 heterocycles. The number of esters is 1. The SMILES string of the molecule is CCCCOC(=O)[C@H]1CN(c2cc(F)c(C3CCSCC3)c(F)c2)C(=O)O1. The van der Waals surface area contributed by atoms with Crippen molar-refractivity contribution in [2.24, 2.45) is 0 Å². The van der Waals surface area contributed by atoms with Crippen molar-refractivity contribution >= 4 is 29.5 Å². The number of hydrogen-bond acceptors (Lipinski definition) is 5. The van der Waals surface area contributed by atoms with E-state index < -0.39 is 29.8 Å². The summed E-state index contributed by atoms with van der Waals surface area (Å²) in [5.41, 5.74) is 0.134. The van der Waals surface area contributed by atoms with Gasteiger partial charge in [-0.05, 0) is 48.8 Å². The van der Waals surface area contributed by atoms with Gasteiger partial charge < -0.3 is 9.47 Å². The lowest BCUT2D eigenvalue weighted by atomic mass is 9.92. The summed E-state index contributed by atoms with van der Waals surface area (Å²) in [6.45, 7) is 2.09. The second-order valence-corrected chi connectivity index (χ2v) is 7.94. The fourth-order valence-electron chi connectivity index (χ4n) is 3.31. The Morgan fingerprint density at radius 2 is 1.96 bits per heavy atom. The number of amides is 1. The maximum atomic E-state index is 14.6. The Kier molecular flexibility index (Phi) is 6.57. The first kappa shape index (κ1) is 19.9. The van der Waals surface area contributed by atoms with Crippen molar-refractivity contribution in [2.45, 2.75) is 44.6 Å². The first-order valence-corrected chi connectivity index (χ1v) is 10.4. The molecule has 0 spiro atoms. The van der Waals surface area contributed by atoms with Gasteiger partial charge in [-0.25, -0.2) is 18.4 Å². The smallest absolute Gasteiger partial charge is 0.415 e. The summed E-state index contributed by atoms with van der Waals surface area (Å²) in [4.78, 5) is 25.1. The van der Waals surface area contributed by atoms with E-state index in [9.17, 15) is 18.4 Å². The van der Waals surface area contributed by atoms with E-state index in [1.54, 1.807) is 11.8 Å². The zero-order valence-corrected chi connectivity index (χ0v) is 16.0. The van der Waals surface area contributed by atoms with Crippen molar-refractivity contribution < 1.29 is 27.8 Å². The molecule has 5 nitrogen and oxygen atoms in total. The Balaban J connectivity index is 1.72. The van der Waals surface area contributed by atoms with Crippen LogP contribution in [0, 0.1) is 11.6 Å². The molecule has 2 saturated heterocycles. The van der Waals surface area contributed by atoms with Crippen molar-refractivity contribution in [1.82, 2.24) is 0 Å². The number of ether oxygens (including phenoxy) is 2. The van der Waals surface area contributed by atoms with E-state index in [0.29, 0.717) is 6.42 Å². The van der Waals surface area contributed by atoms with Gasteiger partial charge in [-0.2, -0.15) is 11.8 Å². The van der Waals surface area contributed by atoms with Gasteiger partial charge in [0, 0.05) is 5.56 Å². The Labute approximate surface area is 161 Å². The monoisotopic (exact) mass is 399 g/mol. The van der Waals surface area contributed by atoms with Crippen LogP contribution in [0.15, 0.2) is 12.1 Å². The summed E-state index contributed by atoms with van der Waals surface area (Å²) in [6, 6.07) is 2.29. The van der Waals surface area contributed by atoms with E-state index in [1.165, 1.54) is 0 Å². The number of cyclic esters (lactones) is 1. The number of thioether (sulfide) groups is 1. The minimum atomic E-state index is -1.09. The lowest BCUT2D eigenvalue weighted by Crippen LogP contribution is -2.29. The Bertz CT molecular complexity index is 686. The van der Waals surface area contributed by atoms with Crippen LogP contribution in [0.25, 0.3) is 0 Å². The van der Waals surface area contributed by atoms with Gasteiger partial charge in [-0.3, -0.25) is 4.90 Å². The fraction of sp³-hybridized carbons (Fsp3) is 0.579. The molecule has 3 rings (SSSR count). The van der Waals surface area contributed by atoms with Crippen LogP contribution in [-0.4, -0.2) is 42.8 Å². The van der Waals surface area contributed by atoms with Crippen molar-refractivity contribution in [1.29, 1.82) is 0 Å².